The van der Waals surface area contributed by atoms with Gasteiger partial charge in [0.2, 0.25) is 23.1 Å². The molecule has 35 heavy (non-hydrogen) atoms. The van der Waals surface area contributed by atoms with Gasteiger partial charge in [-0.1, -0.05) is 18.2 Å². The fourth-order valence-corrected chi connectivity index (χ4v) is 3.78. The highest BCUT2D eigenvalue weighted by molar-refractivity contribution is 7.86. The molecule has 4 N–H and O–H groups in total. The quantitative estimate of drug-likeness (QED) is 0.206. The van der Waals surface area contributed by atoms with Crippen LogP contribution in [0.3, 0.4) is 0 Å². The Morgan fingerprint density at radius 2 is 1.74 bits per heavy atom. The van der Waals surface area contributed by atoms with E-state index in [9.17, 15) is 18.1 Å². The highest BCUT2D eigenvalue weighted by atomic mass is 35.5. The third-order valence-electron chi connectivity index (χ3n) is 4.59. The number of hydrogen-bond acceptors (Lipinski definition) is 11. The molecule has 15 heteroatoms. The summed E-state index contributed by atoms with van der Waals surface area (Å²) >= 11 is 5.89. The number of anilines is 3. The van der Waals surface area contributed by atoms with Gasteiger partial charge < -0.3 is 15.7 Å². The van der Waals surface area contributed by atoms with E-state index >= 15 is 0 Å². The van der Waals surface area contributed by atoms with Gasteiger partial charge in [0.05, 0.1) is 11.4 Å². The molecule has 0 bridgehead atoms. The molecule has 0 amide bonds. The Labute approximate surface area is 204 Å². The number of aromatic nitrogens is 5. The van der Waals surface area contributed by atoms with Crippen LogP contribution in [0.15, 0.2) is 63.7 Å². The number of aryl methyl sites for hydroxylation is 1. The zero-order chi connectivity index (χ0) is 25.2. The van der Waals surface area contributed by atoms with Gasteiger partial charge in [-0.2, -0.15) is 33.2 Å². The van der Waals surface area contributed by atoms with Gasteiger partial charge in [-0.25, -0.2) is 0 Å². The van der Waals surface area contributed by atoms with Gasteiger partial charge in [0.25, 0.3) is 10.1 Å². The molecule has 2 aromatic heterocycles. The van der Waals surface area contributed by atoms with Gasteiger partial charge in [-0.05, 0) is 48.9 Å². The second kappa shape index (κ2) is 9.61. The number of nitrogens with one attached hydrogen (secondary N) is 2. The maximum atomic E-state index is 11.9. The normalized spacial score (nSPS) is 11.7. The molecule has 2 aromatic carbocycles. The zero-order valence-electron chi connectivity index (χ0n) is 18.2. The number of para-hydroxylation sites is 1. The van der Waals surface area contributed by atoms with Crippen molar-refractivity contribution in [2.24, 2.45) is 10.2 Å². The van der Waals surface area contributed by atoms with Crippen LogP contribution in [0.5, 0.6) is 5.88 Å². The van der Waals surface area contributed by atoms with Crippen LogP contribution < -0.4 is 10.6 Å². The van der Waals surface area contributed by atoms with Crippen LogP contribution in [0, 0.1) is 6.92 Å². The van der Waals surface area contributed by atoms with Crippen LogP contribution >= 0.6 is 11.6 Å². The lowest BCUT2D eigenvalue weighted by Gasteiger charge is -2.09. The number of azo groups is 1. The SMILES string of the molecule is CNc1nc(Cl)nc(Nc2ccc(S(=O)(=O)O)c(N=Nc3c(C)nn(-c4ccccc4)c3O)c2)n1. The number of aromatic hydroxyl groups is 1. The van der Waals surface area contributed by atoms with E-state index in [0.29, 0.717) is 17.1 Å². The highest BCUT2D eigenvalue weighted by Gasteiger charge is 2.19. The summed E-state index contributed by atoms with van der Waals surface area (Å²) in [7, 11) is -3.04. The lowest BCUT2D eigenvalue weighted by atomic mass is 10.3. The zero-order valence-corrected chi connectivity index (χ0v) is 19.8. The van der Waals surface area contributed by atoms with Gasteiger partial charge in [-0.15, -0.1) is 10.2 Å². The molecule has 0 aliphatic rings. The Hall–Kier alpha value is -4.14. The van der Waals surface area contributed by atoms with Crippen molar-refractivity contribution in [3.05, 3.63) is 59.5 Å². The Balaban J connectivity index is 1.72. The molecule has 0 saturated carbocycles. The molecule has 0 fully saturated rings. The molecule has 2 heterocycles. The van der Waals surface area contributed by atoms with E-state index in [0.717, 1.165) is 6.07 Å². The second-order valence-corrected chi connectivity index (χ2v) is 8.72. The third-order valence-corrected chi connectivity index (χ3v) is 5.66. The predicted octanol–water partition coefficient (Wildman–Crippen LogP) is 4.17. The van der Waals surface area contributed by atoms with Crippen LogP contribution in [0.25, 0.3) is 5.69 Å². The minimum absolute atomic E-state index is 0.0245. The average molecular weight is 516 g/mol. The number of benzene rings is 2. The monoisotopic (exact) mass is 515 g/mol. The maximum Gasteiger partial charge on any atom is 0.296 e. The predicted molar refractivity (Wildman–Crippen MR) is 128 cm³/mol. The first kappa shape index (κ1) is 24.0. The molecule has 180 valence electrons. The first-order valence-corrected chi connectivity index (χ1v) is 11.7. The largest absolute Gasteiger partial charge is 0.492 e. The Morgan fingerprint density at radius 1 is 1.03 bits per heavy atom. The van der Waals surface area contributed by atoms with Gasteiger partial charge in [0.15, 0.2) is 5.69 Å². The first-order valence-electron chi connectivity index (χ1n) is 9.89. The molecule has 4 rings (SSSR count). The van der Waals surface area contributed by atoms with Crippen molar-refractivity contribution in [3.8, 4) is 11.6 Å². The molecule has 0 radical (unpaired) electrons. The topological polar surface area (TPSA) is 180 Å². The minimum atomic E-state index is -4.64. The molecular weight excluding hydrogens is 498 g/mol. The molecule has 0 aliphatic carbocycles. The van der Waals surface area contributed by atoms with E-state index in [1.54, 1.807) is 38.2 Å². The van der Waals surface area contributed by atoms with E-state index < -0.39 is 15.0 Å². The van der Waals surface area contributed by atoms with Gasteiger partial charge in [0, 0.05) is 12.7 Å². The molecular formula is C20H18ClN9O4S. The minimum Gasteiger partial charge on any atom is -0.492 e. The van der Waals surface area contributed by atoms with Crippen LogP contribution in [0.2, 0.25) is 5.28 Å². The van der Waals surface area contributed by atoms with Crippen LogP contribution in [0.1, 0.15) is 5.69 Å². The van der Waals surface area contributed by atoms with Crippen molar-refractivity contribution in [2.75, 3.05) is 17.7 Å². The number of rotatable bonds is 7. The molecule has 0 atom stereocenters. The summed E-state index contributed by atoms with van der Waals surface area (Å²) < 4.78 is 34.7. The lowest BCUT2D eigenvalue weighted by Crippen LogP contribution is -2.04. The van der Waals surface area contributed by atoms with Crippen molar-refractivity contribution < 1.29 is 18.1 Å². The number of nitrogens with zero attached hydrogens (tertiary/aromatic N) is 7. The summed E-state index contributed by atoms with van der Waals surface area (Å²) in [6, 6.07) is 12.7. The fourth-order valence-electron chi connectivity index (χ4n) is 3.02. The van der Waals surface area contributed by atoms with E-state index in [2.05, 4.69) is 40.9 Å². The van der Waals surface area contributed by atoms with Crippen molar-refractivity contribution in [1.82, 2.24) is 24.7 Å². The van der Waals surface area contributed by atoms with Crippen molar-refractivity contribution in [1.29, 1.82) is 0 Å². The van der Waals surface area contributed by atoms with Crippen molar-refractivity contribution in [3.63, 3.8) is 0 Å². The highest BCUT2D eigenvalue weighted by Crippen LogP contribution is 2.36. The molecule has 4 aromatic rings. The Morgan fingerprint density at radius 3 is 2.43 bits per heavy atom. The van der Waals surface area contributed by atoms with Crippen molar-refractivity contribution >= 4 is 50.7 Å². The summed E-state index contributed by atoms with van der Waals surface area (Å²) in [6.45, 7) is 1.61. The first-order chi connectivity index (χ1) is 16.7. The molecule has 0 unspecified atom stereocenters. The van der Waals surface area contributed by atoms with Gasteiger partial charge >= 0.3 is 0 Å². The Bertz CT molecular complexity index is 1530. The van der Waals surface area contributed by atoms with Gasteiger partial charge in [0.1, 0.15) is 10.6 Å². The maximum absolute atomic E-state index is 11.9. The summed E-state index contributed by atoms with van der Waals surface area (Å²) in [6.07, 6.45) is 0. The lowest BCUT2D eigenvalue weighted by molar-refractivity contribution is 0.434. The molecule has 0 aliphatic heterocycles. The standard InChI is InChI=1S/C20H18ClN9O4S/c1-11-16(17(31)30(29-11)13-6-4-3-5-7-13)28-27-14-10-12(8-9-15(14)35(32,33)34)23-20-25-18(21)24-19(22-2)26-20/h3-10,31H,1-2H3,(H,32,33,34)(H2,22,23,24,25,26). The van der Waals surface area contributed by atoms with E-state index in [1.807, 2.05) is 6.07 Å². The van der Waals surface area contributed by atoms with Crippen LogP contribution in [-0.2, 0) is 10.1 Å². The smallest absolute Gasteiger partial charge is 0.296 e. The second-order valence-electron chi connectivity index (χ2n) is 6.99. The number of halogens is 1. The summed E-state index contributed by atoms with van der Waals surface area (Å²) in [5.74, 6) is -0.00243. The summed E-state index contributed by atoms with van der Waals surface area (Å²) in [5.41, 5.74) is 1.07. The van der Waals surface area contributed by atoms with E-state index in [4.69, 9.17) is 11.6 Å². The molecule has 13 nitrogen and oxygen atoms in total. The summed E-state index contributed by atoms with van der Waals surface area (Å²) in [5, 5.41) is 28.4. The Kier molecular flexibility index (Phi) is 6.59. The van der Waals surface area contributed by atoms with Crippen LogP contribution in [0.4, 0.5) is 29.0 Å². The fraction of sp³-hybridized carbons (Fsp3) is 0.100. The van der Waals surface area contributed by atoms with Crippen LogP contribution in [-0.4, -0.2) is 49.9 Å². The van der Waals surface area contributed by atoms with Crippen molar-refractivity contribution in [2.45, 2.75) is 11.8 Å². The molecule has 0 saturated heterocycles. The average Bonchev–Trinajstić information content (AvgIpc) is 3.10. The van der Waals surface area contributed by atoms with E-state index in [1.165, 1.54) is 16.8 Å². The van der Waals surface area contributed by atoms with Gasteiger partial charge in [-0.3, -0.25) is 4.55 Å². The molecule has 0 spiro atoms. The van der Waals surface area contributed by atoms with E-state index in [-0.39, 0.29) is 34.4 Å². The summed E-state index contributed by atoms with van der Waals surface area (Å²) in [4.78, 5) is 11.4. The third kappa shape index (κ3) is 5.34. The number of hydrogen-bond donors (Lipinski definition) is 4.